The predicted octanol–water partition coefficient (Wildman–Crippen LogP) is 3.53. The van der Waals surface area contributed by atoms with Gasteiger partial charge in [-0.05, 0) is 41.8 Å². The fraction of sp³-hybridized carbons (Fsp3) is 0.280. The van der Waals surface area contributed by atoms with Crippen LogP contribution in [0.1, 0.15) is 11.1 Å². The lowest BCUT2D eigenvalue weighted by Gasteiger charge is -2.36. The van der Waals surface area contributed by atoms with Crippen molar-refractivity contribution in [3.8, 4) is 0 Å². The maximum atomic E-state index is 12.6. The van der Waals surface area contributed by atoms with E-state index < -0.39 is 10.0 Å². The van der Waals surface area contributed by atoms with Crippen LogP contribution in [0.15, 0.2) is 89.8 Å². The molecule has 0 radical (unpaired) electrons. The van der Waals surface area contributed by atoms with Gasteiger partial charge >= 0.3 is 0 Å². The summed E-state index contributed by atoms with van der Waals surface area (Å²) in [6.07, 6.45) is 0.674. The molecular weight excluding hydrogens is 406 g/mol. The van der Waals surface area contributed by atoms with Crippen molar-refractivity contribution in [1.82, 2.24) is 9.62 Å². The number of nitrogens with zero attached hydrogens (tertiary/aromatic N) is 2. The van der Waals surface area contributed by atoms with E-state index in [-0.39, 0.29) is 0 Å². The maximum absolute atomic E-state index is 12.6. The highest BCUT2D eigenvalue weighted by atomic mass is 32.2. The Bertz CT molecular complexity index is 1050. The van der Waals surface area contributed by atoms with Crippen molar-refractivity contribution >= 4 is 15.7 Å². The summed E-state index contributed by atoms with van der Waals surface area (Å²) in [5, 5.41) is 0. The Kier molecular flexibility index (Phi) is 7.02. The summed E-state index contributed by atoms with van der Waals surface area (Å²) >= 11 is 0. The fourth-order valence-corrected chi connectivity index (χ4v) is 4.92. The highest BCUT2D eigenvalue weighted by Gasteiger charge is 2.18. The van der Waals surface area contributed by atoms with Gasteiger partial charge in [0.15, 0.2) is 0 Å². The van der Waals surface area contributed by atoms with Crippen LogP contribution in [0.3, 0.4) is 0 Å². The molecule has 3 aromatic rings. The van der Waals surface area contributed by atoms with E-state index >= 15 is 0 Å². The van der Waals surface area contributed by atoms with Crippen LogP contribution in [0.5, 0.6) is 0 Å². The number of sulfonamides is 1. The molecule has 1 N–H and O–H groups in total. The molecule has 5 nitrogen and oxygen atoms in total. The third-order valence-corrected chi connectivity index (χ3v) is 7.16. The smallest absolute Gasteiger partial charge is 0.240 e. The van der Waals surface area contributed by atoms with Crippen LogP contribution in [0.4, 0.5) is 5.69 Å². The quantitative estimate of drug-likeness (QED) is 0.588. The molecule has 4 rings (SSSR count). The van der Waals surface area contributed by atoms with Crippen LogP contribution in [-0.4, -0.2) is 46.0 Å². The van der Waals surface area contributed by atoms with Crippen molar-refractivity contribution < 1.29 is 8.42 Å². The van der Waals surface area contributed by atoms with E-state index in [2.05, 4.69) is 38.8 Å². The number of anilines is 1. The maximum Gasteiger partial charge on any atom is 0.240 e. The second kappa shape index (κ2) is 10.1. The molecule has 1 saturated heterocycles. The van der Waals surface area contributed by atoms with Gasteiger partial charge in [-0.3, -0.25) is 4.90 Å². The van der Waals surface area contributed by atoms with E-state index in [0.717, 1.165) is 43.9 Å². The minimum absolute atomic E-state index is 0.318. The molecule has 0 aromatic heterocycles. The lowest BCUT2D eigenvalue weighted by Crippen LogP contribution is -2.45. The summed E-state index contributed by atoms with van der Waals surface area (Å²) < 4.78 is 27.8. The van der Waals surface area contributed by atoms with Gasteiger partial charge in [0.05, 0.1) is 4.90 Å². The van der Waals surface area contributed by atoms with Gasteiger partial charge in [0.2, 0.25) is 10.0 Å². The SMILES string of the molecule is O=S(=O)(NCCc1ccccc1)c1ccc(CN2CCN(c3ccccc3)CC2)cc1. The second-order valence-electron chi connectivity index (χ2n) is 7.88. The third-order valence-electron chi connectivity index (χ3n) is 5.68. The molecule has 3 aromatic carbocycles. The molecule has 1 fully saturated rings. The third kappa shape index (κ3) is 5.94. The van der Waals surface area contributed by atoms with Gasteiger partial charge in [-0.25, -0.2) is 13.1 Å². The molecule has 31 heavy (non-hydrogen) atoms. The first kappa shape index (κ1) is 21.6. The molecule has 6 heteroatoms. The standard InChI is InChI=1S/C25H29N3O2S/c29-31(30,26-16-15-22-7-3-1-4-8-22)25-13-11-23(12-14-25)21-27-17-19-28(20-18-27)24-9-5-2-6-10-24/h1-14,26H,15-21H2. The molecule has 0 aliphatic carbocycles. The first-order valence-electron chi connectivity index (χ1n) is 10.7. The van der Waals surface area contributed by atoms with Gasteiger partial charge in [0.25, 0.3) is 0 Å². The topological polar surface area (TPSA) is 52.7 Å². The molecule has 0 unspecified atom stereocenters. The largest absolute Gasteiger partial charge is 0.369 e. The summed E-state index contributed by atoms with van der Waals surface area (Å²) in [5.74, 6) is 0. The Labute approximate surface area is 185 Å². The minimum Gasteiger partial charge on any atom is -0.369 e. The van der Waals surface area contributed by atoms with Crippen LogP contribution in [-0.2, 0) is 23.0 Å². The zero-order valence-corrected chi connectivity index (χ0v) is 18.5. The molecule has 0 amide bonds. The second-order valence-corrected chi connectivity index (χ2v) is 9.64. The van der Waals surface area contributed by atoms with Crippen molar-refractivity contribution in [3.63, 3.8) is 0 Å². The molecular formula is C25H29N3O2S. The minimum atomic E-state index is -3.49. The van der Waals surface area contributed by atoms with Crippen LogP contribution in [0.25, 0.3) is 0 Å². The number of hydrogen-bond acceptors (Lipinski definition) is 4. The van der Waals surface area contributed by atoms with Gasteiger partial charge < -0.3 is 4.90 Å². The van der Waals surface area contributed by atoms with Crippen molar-refractivity contribution in [2.24, 2.45) is 0 Å². The first-order chi connectivity index (χ1) is 15.1. The number of benzene rings is 3. The van der Waals surface area contributed by atoms with Gasteiger partial charge in [-0.15, -0.1) is 0 Å². The zero-order chi connectivity index (χ0) is 21.5. The van der Waals surface area contributed by atoms with Crippen LogP contribution >= 0.6 is 0 Å². The monoisotopic (exact) mass is 435 g/mol. The Balaban J connectivity index is 1.27. The van der Waals surface area contributed by atoms with E-state index in [1.54, 1.807) is 12.1 Å². The average Bonchev–Trinajstić information content (AvgIpc) is 2.81. The van der Waals surface area contributed by atoms with Crippen LogP contribution in [0.2, 0.25) is 0 Å². The van der Waals surface area contributed by atoms with E-state index in [9.17, 15) is 8.42 Å². The average molecular weight is 436 g/mol. The highest BCUT2D eigenvalue weighted by Crippen LogP contribution is 2.17. The van der Waals surface area contributed by atoms with E-state index in [0.29, 0.717) is 17.9 Å². The predicted molar refractivity (Wildman–Crippen MR) is 126 cm³/mol. The van der Waals surface area contributed by atoms with Gasteiger partial charge in [-0.1, -0.05) is 60.7 Å². The zero-order valence-electron chi connectivity index (χ0n) is 17.7. The Morgan fingerprint density at radius 2 is 1.32 bits per heavy atom. The molecule has 0 saturated carbocycles. The van der Waals surface area contributed by atoms with Gasteiger partial charge in [0, 0.05) is 45.0 Å². The molecule has 1 heterocycles. The van der Waals surface area contributed by atoms with Crippen LogP contribution in [0, 0.1) is 0 Å². The summed E-state index contributed by atoms with van der Waals surface area (Å²) in [7, 11) is -3.49. The van der Waals surface area contributed by atoms with Crippen molar-refractivity contribution in [2.75, 3.05) is 37.6 Å². The number of piperazine rings is 1. The van der Waals surface area contributed by atoms with Gasteiger partial charge in [0.1, 0.15) is 0 Å². The lowest BCUT2D eigenvalue weighted by atomic mass is 10.2. The summed E-state index contributed by atoms with van der Waals surface area (Å²) in [5.41, 5.74) is 3.53. The molecule has 162 valence electrons. The number of rotatable bonds is 8. The fourth-order valence-electron chi connectivity index (χ4n) is 3.89. The Hall–Kier alpha value is -2.67. The molecule has 0 spiro atoms. The summed E-state index contributed by atoms with van der Waals surface area (Å²) in [4.78, 5) is 5.15. The molecule has 0 bridgehead atoms. The Morgan fingerprint density at radius 1 is 0.710 bits per heavy atom. The van der Waals surface area contributed by atoms with E-state index in [1.165, 1.54) is 5.69 Å². The molecule has 0 atom stereocenters. The highest BCUT2D eigenvalue weighted by molar-refractivity contribution is 7.89. The van der Waals surface area contributed by atoms with Crippen molar-refractivity contribution in [2.45, 2.75) is 17.9 Å². The lowest BCUT2D eigenvalue weighted by molar-refractivity contribution is 0.250. The number of hydrogen-bond donors (Lipinski definition) is 1. The summed E-state index contributed by atoms with van der Waals surface area (Å²) in [6.45, 7) is 5.22. The number of para-hydroxylation sites is 1. The van der Waals surface area contributed by atoms with E-state index in [4.69, 9.17) is 0 Å². The molecule has 1 aliphatic heterocycles. The normalized spacial score (nSPS) is 15.2. The van der Waals surface area contributed by atoms with Gasteiger partial charge in [-0.2, -0.15) is 0 Å². The van der Waals surface area contributed by atoms with Crippen molar-refractivity contribution in [1.29, 1.82) is 0 Å². The van der Waals surface area contributed by atoms with Crippen molar-refractivity contribution in [3.05, 3.63) is 96.1 Å². The Morgan fingerprint density at radius 3 is 1.97 bits per heavy atom. The number of nitrogens with one attached hydrogen (secondary N) is 1. The van der Waals surface area contributed by atoms with Crippen LogP contribution < -0.4 is 9.62 Å². The molecule has 1 aliphatic rings. The van der Waals surface area contributed by atoms with E-state index in [1.807, 2.05) is 48.5 Å². The summed E-state index contributed by atoms with van der Waals surface area (Å²) in [6, 6.07) is 27.7. The first-order valence-corrected chi connectivity index (χ1v) is 12.2.